The summed E-state index contributed by atoms with van der Waals surface area (Å²) in [5.74, 6) is -0.688. The van der Waals surface area contributed by atoms with Gasteiger partial charge in [0.15, 0.2) is 0 Å². The summed E-state index contributed by atoms with van der Waals surface area (Å²) in [6, 6.07) is 13.0. The monoisotopic (exact) mass is 369 g/mol. The van der Waals surface area contributed by atoms with Crippen molar-refractivity contribution in [2.24, 2.45) is 0 Å². The fraction of sp³-hybridized carbons (Fsp3) is 0.211. The molecule has 6 nitrogen and oxygen atoms in total. The fourth-order valence-corrected chi connectivity index (χ4v) is 3.55. The molecule has 1 unspecified atom stereocenters. The molecule has 132 valence electrons. The van der Waals surface area contributed by atoms with Crippen molar-refractivity contribution in [1.29, 1.82) is 0 Å². The molecule has 2 aliphatic rings. The van der Waals surface area contributed by atoms with Crippen molar-refractivity contribution in [3.05, 3.63) is 64.7 Å². The topological polar surface area (TPSA) is 69.7 Å². The van der Waals surface area contributed by atoms with Crippen molar-refractivity contribution in [1.82, 2.24) is 9.80 Å². The summed E-state index contributed by atoms with van der Waals surface area (Å²) < 4.78 is 0. The van der Waals surface area contributed by atoms with Gasteiger partial charge in [0.05, 0.1) is 17.8 Å². The molecule has 2 aromatic rings. The van der Waals surface area contributed by atoms with Crippen molar-refractivity contribution in [3.63, 3.8) is 0 Å². The number of piperazine rings is 1. The van der Waals surface area contributed by atoms with Crippen LogP contribution in [0.1, 0.15) is 20.7 Å². The number of hydrogen-bond donors (Lipinski definition) is 1. The summed E-state index contributed by atoms with van der Waals surface area (Å²) >= 11 is 5.98. The van der Waals surface area contributed by atoms with Crippen LogP contribution in [0.25, 0.3) is 0 Å². The molecule has 2 aromatic carbocycles. The lowest BCUT2D eigenvalue weighted by Gasteiger charge is -2.39. The predicted molar refractivity (Wildman–Crippen MR) is 97.3 cm³/mol. The first-order valence-electron chi connectivity index (χ1n) is 8.30. The minimum atomic E-state index is -0.727. The van der Waals surface area contributed by atoms with E-state index in [4.69, 9.17) is 11.6 Å². The Kier molecular flexibility index (Phi) is 4.12. The molecular formula is C19H16ClN3O3. The number of hydrogen-bond acceptors (Lipinski definition) is 3. The second-order valence-electron chi connectivity index (χ2n) is 6.31. The zero-order chi connectivity index (χ0) is 18.3. The molecule has 1 atom stereocenters. The first-order chi connectivity index (χ1) is 12.5. The summed E-state index contributed by atoms with van der Waals surface area (Å²) in [6.07, 6.45) is 0. The standard InChI is InChI=1S/C19H16ClN3O3/c20-13-6-7-14-15(10-13)21-17(24)16-11-22(8-9-23(16)19(14)26)18(25)12-4-2-1-3-5-12/h1-7,10,16H,8-9,11H2,(H,21,24). The summed E-state index contributed by atoms with van der Waals surface area (Å²) in [7, 11) is 0. The van der Waals surface area contributed by atoms with Crippen molar-refractivity contribution in [3.8, 4) is 0 Å². The first-order valence-corrected chi connectivity index (χ1v) is 8.68. The number of amides is 3. The molecule has 0 aliphatic carbocycles. The van der Waals surface area contributed by atoms with E-state index in [1.165, 1.54) is 4.90 Å². The highest BCUT2D eigenvalue weighted by molar-refractivity contribution is 6.31. The van der Waals surface area contributed by atoms with E-state index in [9.17, 15) is 14.4 Å². The van der Waals surface area contributed by atoms with Crippen LogP contribution in [0.5, 0.6) is 0 Å². The number of carbonyl (C=O) groups is 3. The van der Waals surface area contributed by atoms with Gasteiger partial charge in [-0.15, -0.1) is 0 Å². The van der Waals surface area contributed by atoms with Crippen LogP contribution in [0.4, 0.5) is 5.69 Å². The molecule has 0 saturated carbocycles. The van der Waals surface area contributed by atoms with Gasteiger partial charge in [0.25, 0.3) is 11.8 Å². The number of benzene rings is 2. The van der Waals surface area contributed by atoms with Gasteiger partial charge in [-0.25, -0.2) is 0 Å². The minimum Gasteiger partial charge on any atom is -0.334 e. The van der Waals surface area contributed by atoms with E-state index >= 15 is 0 Å². The zero-order valence-corrected chi connectivity index (χ0v) is 14.6. The molecule has 3 amide bonds. The molecule has 7 heteroatoms. The highest BCUT2D eigenvalue weighted by Crippen LogP contribution is 2.28. The Morgan fingerprint density at radius 1 is 1.08 bits per heavy atom. The van der Waals surface area contributed by atoms with Gasteiger partial charge in [0.2, 0.25) is 5.91 Å². The minimum absolute atomic E-state index is 0.143. The van der Waals surface area contributed by atoms with Crippen LogP contribution in [-0.2, 0) is 4.79 Å². The third-order valence-corrected chi connectivity index (χ3v) is 4.96. The molecule has 0 aromatic heterocycles. The molecule has 0 bridgehead atoms. The van der Waals surface area contributed by atoms with Crippen LogP contribution in [0.3, 0.4) is 0 Å². The molecule has 0 spiro atoms. The summed E-state index contributed by atoms with van der Waals surface area (Å²) in [4.78, 5) is 41.4. The van der Waals surface area contributed by atoms with Gasteiger partial charge in [-0.1, -0.05) is 29.8 Å². The molecule has 1 fully saturated rings. The van der Waals surface area contributed by atoms with Gasteiger partial charge in [-0.2, -0.15) is 0 Å². The van der Waals surface area contributed by atoms with Crippen molar-refractivity contribution in [2.75, 3.05) is 25.0 Å². The van der Waals surface area contributed by atoms with Crippen molar-refractivity contribution in [2.45, 2.75) is 6.04 Å². The van der Waals surface area contributed by atoms with E-state index in [1.54, 1.807) is 47.4 Å². The van der Waals surface area contributed by atoms with Gasteiger partial charge in [0.1, 0.15) is 6.04 Å². The Labute approximate surface area is 155 Å². The largest absolute Gasteiger partial charge is 0.334 e. The van der Waals surface area contributed by atoms with Gasteiger partial charge >= 0.3 is 0 Å². The lowest BCUT2D eigenvalue weighted by Crippen LogP contribution is -2.59. The van der Waals surface area contributed by atoms with Crippen LogP contribution in [0.2, 0.25) is 5.02 Å². The number of halogens is 1. The Hall–Kier alpha value is -2.86. The van der Waals surface area contributed by atoms with Crippen molar-refractivity contribution >= 4 is 35.0 Å². The number of nitrogens with zero attached hydrogens (tertiary/aromatic N) is 2. The molecule has 4 rings (SSSR count). The Morgan fingerprint density at radius 3 is 2.62 bits per heavy atom. The van der Waals surface area contributed by atoms with Gasteiger partial charge in [-0.05, 0) is 30.3 Å². The van der Waals surface area contributed by atoms with E-state index < -0.39 is 6.04 Å². The average molecular weight is 370 g/mol. The zero-order valence-electron chi connectivity index (χ0n) is 13.8. The quantitative estimate of drug-likeness (QED) is 0.838. The second kappa shape index (κ2) is 6.46. The van der Waals surface area contributed by atoms with Crippen LogP contribution in [-0.4, -0.2) is 53.2 Å². The molecule has 26 heavy (non-hydrogen) atoms. The molecular weight excluding hydrogens is 354 g/mol. The molecule has 1 saturated heterocycles. The van der Waals surface area contributed by atoms with E-state index in [0.717, 1.165) is 0 Å². The number of nitrogens with one attached hydrogen (secondary N) is 1. The molecule has 0 radical (unpaired) electrons. The normalized spacial score (nSPS) is 19.3. The van der Waals surface area contributed by atoms with Crippen LogP contribution in [0, 0.1) is 0 Å². The molecule has 2 heterocycles. The smallest absolute Gasteiger partial charge is 0.256 e. The first kappa shape index (κ1) is 16.6. The van der Waals surface area contributed by atoms with E-state index in [1.807, 2.05) is 6.07 Å². The summed E-state index contributed by atoms with van der Waals surface area (Å²) in [6.45, 7) is 0.844. The second-order valence-corrected chi connectivity index (χ2v) is 6.75. The predicted octanol–water partition coefficient (Wildman–Crippen LogP) is 2.26. The number of anilines is 1. The average Bonchev–Trinajstić information content (AvgIpc) is 2.76. The Bertz CT molecular complexity index is 900. The number of rotatable bonds is 1. The maximum absolute atomic E-state index is 12.9. The van der Waals surface area contributed by atoms with Gasteiger partial charge in [-0.3, -0.25) is 14.4 Å². The van der Waals surface area contributed by atoms with Gasteiger partial charge < -0.3 is 15.1 Å². The maximum Gasteiger partial charge on any atom is 0.256 e. The summed E-state index contributed by atoms with van der Waals surface area (Å²) in [5.41, 5.74) is 1.38. The van der Waals surface area contributed by atoms with Crippen molar-refractivity contribution < 1.29 is 14.4 Å². The molecule has 1 N–H and O–H groups in total. The Morgan fingerprint density at radius 2 is 1.85 bits per heavy atom. The number of fused-ring (bicyclic) bond motifs is 2. The third kappa shape index (κ3) is 2.82. The lowest BCUT2D eigenvalue weighted by molar-refractivity contribution is -0.121. The van der Waals surface area contributed by atoms with E-state index in [2.05, 4.69) is 5.32 Å². The third-order valence-electron chi connectivity index (χ3n) is 4.72. The van der Waals surface area contributed by atoms with Crippen LogP contribution < -0.4 is 5.32 Å². The highest BCUT2D eigenvalue weighted by atomic mass is 35.5. The van der Waals surface area contributed by atoms with E-state index in [0.29, 0.717) is 34.9 Å². The van der Waals surface area contributed by atoms with E-state index in [-0.39, 0.29) is 24.3 Å². The highest BCUT2D eigenvalue weighted by Gasteiger charge is 2.40. The Balaban J connectivity index is 1.61. The summed E-state index contributed by atoms with van der Waals surface area (Å²) in [5, 5.41) is 3.21. The fourth-order valence-electron chi connectivity index (χ4n) is 3.38. The van der Waals surface area contributed by atoms with Gasteiger partial charge in [0, 0.05) is 23.7 Å². The van der Waals surface area contributed by atoms with Crippen LogP contribution >= 0.6 is 11.6 Å². The van der Waals surface area contributed by atoms with Crippen LogP contribution in [0.15, 0.2) is 48.5 Å². The lowest BCUT2D eigenvalue weighted by atomic mass is 10.1. The molecule has 2 aliphatic heterocycles. The maximum atomic E-state index is 12.9. The number of carbonyl (C=O) groups excluding carboxylic acids is 3. The SMILES string of the molecule is O=C1Nc2cc(Cl)ccc2C(=O)N2CCN(C(=O)c3ccccc3)CC12.